The molecule has 6 heterocycles. The molecule has 0 saturated carbocycles. The van der Waals surface area contributed by atoms with Gasteiger partial charge in [-0.05, 0) is 61.2 Å². The Hall–Kier alpha value is -4.10. The van der Waals surface area contributed by atoms with Gasteiger partial charge in [0, 0.05) is 49.9 Å². The van der Waals surface area contributed by atoms with E-state index in [1.54, 1.807) is 12.3 Å². The van der Waals surface area contributed by atoms with Crippen molar-refractivity contribution in [1.82, 2.24) is 30.2 Å². The number of fused-ring (bicyclic) bond motifs is 2. The molecule has 2 atom stereocenters. The molecular weight excluding hydrogens is 576 g/mol. The fourth-order valence-corrected chi connectivity index (χ4v) is 6.44. The van der Waals surface area contributed by atoms with E-state index in [-0.39, 0.29) is 23.5 Å². The van der Waals surface area contributed by atoms with Crippen LogP contribution in [-0.2, 0) is 16.4 Å². The zero-order valence-corrected chi connectivity index (χ0v) is 24.3. The van der Waals surface area contributed by atoms with E-state index < -0.39 is 22.2 Å². The van der Waals surface area contributed by atoms with Crippen LogP contribution in [0, 0.1) is 11.8 Å². The zero-order chi connectivity index (χ0) is 30.1. The minimum atomic E-state index is -3.49. The third-order valence-electron chi connectivity index (χ3n) is 8.07. The van der Waals surface area contributed by atoms with Gasteiger partial charge in [-0.1, -0.05) is 6.07 Å². The number of alkyl halides is 2. The van der Waals surface area contributed by atoms with Gasteiger partial charge in [0.25, 0.3) is 12.3 Å². The lowest BCUT2D eigenvalue weighted by Gasteiger charge is -2.33. The van der Waals surface area contributed by atoms with E-state index in [1.165, 1.54) is 18.5 Å². The molecule has 224 valence electrons. The molecular formula is C30H31F2N7O3S. The fourth-order valence-electron chi connectivity index (χ4n) is 5.85. The van der Waals surface area contributed by atoms with E-state index in [9.17, 15) is 22.0 Å². The molecule has 1 amide bonds. The number of pyridine rings is 4. The zero-order valence-electron chi connectivity index (χ0n) is 23.5. The van der Waals surface area contributed by atoms with Crippen LogP contribution in [0.3, 0.4) is 0 Å². The first kappa shape index (κ1) is 29.0. The highest BCUT2D eigenvalue weighted by Crippen LogP contribution is 2.34. The molecule has 0 aromatic carbocycles. The summed E-state index contributed by atoms with van der Waals surface area (Å²) in [6.45, 7) is 3.01. The lowest BCUT2D eigenvalue weighted by atomic mass is 9.89. The van der Waals surface area contributed by atoms with Crippen molar-refractivity contribution in [3.63, 3.8) is 0 Å². The number of anilines is 1. The average molecular weight is 608 g/mol. The van der Waals surface area contributed by atoms with Gasteiger partial charge in [0.2, 0.25) is 0 Å². The van der Waals surface area contributed by atoms with Crippen molar-refractivity contribution in [1.29, 1.82) is 0 Å². The lowest BCUT2D eigenvalue weighted by Crippen LogP contribution is -2.42. The Kier molecular flexibility index (Phi) is 8.01. The highest BCUT2D eigenvalue weighted by Gasteiger charge is 2.38. The third-order valence-corrected chi connectivity index (χ3v) is 9.15. The second-order valence-electron chi connectivity index (χ2n) is 11.2. The largest absolute Gasteiger partial charge is 0.356 e. The third kappa shape index (κ3) is 6.62. The molecule has 1 N–H and O–H groups in total. The standard InChI is InChI=1S/C30H31F2N7O3S/c1-43(41,42)24-9-21(11-33-14-24)30(40)35-13-23-10-27-19(12-34-23)5-6-26(36-27)25-3-2-4-29(37-25)39-16-20-7-8-38(18-28(31)32)15-22(20)17-39/h2-6,9-12,14,20,22,28H,7-8,13,15-18H2,1H3,(H,35,40)/t20-,22+/m1/s1. The number of piperidine rings is 1. The Bertz CT molecular complexity index is 1770. The maximum Gasteiger partial charge on any atom is 0.253 e. The number of carbonyl (C=O) groups excluding carboxylic acids is 1. The van der Waals surface area contributed by atoms with Crippen LogP contribution >= 0.6 is 0 Å². The summed E-state index contributed by atoms with van der Waals surface area (Å²) in [4.78, 5) is 34.8. The van der Waals surface area contributed by atoms with E-state index >= 15 is 0 Å². The molecule has 0 aliphatic carbocycles. The molecule has 2 saturated heterocycles. The summed E-state index contributed by atoms with van der Waals surface area (Å²) in [5, 5.41) is 3.59. The minimum absolute atomic E-state index is 0.0296. The maximum atomic E-state index is 12.9. The monoisotopic (exact) mass is 607 g/mol. The van der Waals surface area contributed by atoms with Crippen molar-refractivity contribution in [2.45, 2.75) is 24.3 Å². The van der Waals surface area contributed by atoms with Gasteiger partial charge in [-0.3, -0.25) is 19.7 Å². The normalized spacial score (nSPS) is 19.1. The van der Waals surface area contributed by atoms with Crippen LogP contribution in [0.1, 0.15) is 22.5 Å². The summed E-state index contributed by atoms with van der Waals surface area (Å²) >= 11 is 0. The number of halogens is 2. The predicted octanol–water partition coefficient (Wildman–Crippen LogP) is 3.44. The number of aromatic nitrogens is 4. The van der Waals surface area contributed by atoms with Crippen molar-refractivity contribution >= 4 is 32.5 Å². The number of carbonyl (C=O) groups is 1. The molecule has 0 unspecified atom stereocenters. The molecule has 10 nitrogen and oxygen atoms in total. The van der Waals surface area contributed by atoms with Crippen molar-refractivity contribution in [3.05, 3.63) is 72.3 Å². The fraction of sp³-hybridized carbons (Fsp3) is 0.367. The summed E-state index contributed by atoms with van der Waals surface area (Å²) in [5.74, 6) is 1.21. The Morgan fingerprint density at radius 3 is 2.65 bits per heavy atom. The summed E-state index contributed by atoms with van der Waals surface area (Å²) in [7, 11) is -3.49. The van der Waals surface area contributed by atoms with E-state index in [1.807, 2.05) is 35.2 Å². The number of hydrogen-bond donors (Lipinski definition) is 1. The highest BCUT2D eigenvalue weighted by molar-refractivity contribution is 7.90. The quantitative estimate of drug-likeness (QED) is 0.321. The second-order valence-corrected chi connectivity index (χ2v) is 13.2. The molecule has 2 aliphatic heterocycles. The molecule has 4 aromatic heterocycles. The first-order chi connectivity index (χ1) is 20.6. The summed E-state index contributed by atoms with van der Waals surface area (Å²) in [5.41, 5.74) is 2.83. The van der Waals surface area contributed by atoms with Gasteiger partial charge in [0.15, 0.2) is 9.84 Å². The molecule has 0 radical (unpaired) electrons. The van der Waals surface area contributed by atoms with E-state index in [0.717, 1.165) is 42.7 Å². The number of amides is 1. The first-order valence-electron chi connectivity index (χ1n) is 14.0. The molecule has 43 heavy (non-hydrogen) atoms. The lowest BCUT2D eigenvalue weighted by molar-refractivity contribution is 0.0571. The first-order valence-corrected chi connectivity index (χ1v) is 15.9. The number of rotatable bonds is 8. The van der Waals surface area contributed by atoms with Gasteiger partial charge in [-0.15, -0.1) is 0 Å². The van der Waals surface area contributed by atoms with Crippen LogP contribution in [0.5, 0.6) is 0 Å². The van der Waals surface area contributed by atoms with Gasteiger partial charge in [-0.2, -0.15) is 0 Å². The number of likely N-dealkylation sites (tertiary alicyclic amines) is 1. The molecule has 0 bridgehead atoms. The minimum Gasteiger partial charge on any atom is -0.356 e. The van der Waals surface area contributed by atoms with Crippen molar-refractivity contribution in [3.8, 4) is 11.4 Å². The highest BCUT2D eigenvalue weighted by atomic mass is 32.2. The topological polar surface area (TPSA) is 121 Å². The van der Waals surface area contributed by atoms with Gasteiger partial charge in [0.1, 0.15) is 5.82 Å². The molecule has 6 rings (SSSR count). The molecule has 4 aromatic rings. The Morgan fingerprint density at radius 1 is 1.02 bits per heavy atom. The molecule has 2 fully saturated rings. The van der Waals surface area contributed by atoms with Crippen molar-refractivity contribution in [2.24, 2.45) is 11.8 Å². The van der Waals surface area contributed by atoms with Gasteiger partial charge >= 0.3 is 0 Å². The maximum absolute atomic E-state index is 12.9. The molecule has 2 aliphatic rings. The van der Waals surface area contributed by atoms with Crippen LogP contribution in [0.25, 0.3) is 22.3 Å². The van der Waals surface area contributed by atoms with Crippen molar-refractivity contribution < 1.29 is 22.0 Å². The number of nitrogens with one attached hydrogen (secondary N) is 1. The van der Waals surface area contributed by atoms with E-state index in [4.69, 9.17) is 9.97 Å². The smallest absolute Gasteiger partial charge is 0.253 e. The Labute approximate surface area is 248 Å². The molecule has 13 heteroatoms. The number of nitrogens with zero attached hydrogens (tertiary/aromatic N) is 6. The second kappa shape index (κ2) is 11.9. The predicted molar refractivity (Wildman–Crippen MR) is 158 cm³/mol. The van der Waals surface area contributed by atoms with Crippen LogP contribution in [-0.4, -0.2) is 84.6 Å². The SMILES string of the molecule is CS(=O)(=O)c1cncc(C(=O)NCc2cc3nc(-c4cccc(N5C[C@H]6CCN(CC(F)F)C[C@H]6C5)n4)ccc3cn2)c1. The van der Waals surface area contributed by atoms with E-state index in [2.05, 4.69) is 20.2 Å². The van der Waals surface area contributed by atoms with Crippen LogP contribution in [0.4, 0.5) is 14.6 Å². The van der Waals surface area contributed by atoms with Crippen LogP contribution in [0.2, 0.25) is 0 Å². The number of sulfone groups is 1. The summed E-state index contributed by atoms with van der Waals surface area (Å²) in [6, 6.07) is 12.7. The number of hydrogen-bond acceptors (Lipinski definition) is 9. The van der Waals surface area contributed by atoms with Crippen molar-refractivity contribution in [2.75, 3.05) is 43.9 Å². The Morgan fingerprint density at radius 2 is 1.84 bits per heavy atom. The molecule has 0 spiro atoms. The Balaban J connectivity index is 1.15. The van der Waals surface area contributed by atoms with E-state index in [0.29, 0.717) is 41.8 Å². The summed E-state index contributed by atoms with van der Waals surface area (Å²) < 4.78 is 49.4. The van der Waals surface area contributed by atoms with Gasteiger partial charge in [0.05, 0.1) is 46.1 Å². The van der Waals surface area contributed by atoms with Crippen LogP contribution < -0.4 is 10.2 Å². The summed E-state index contributed by atoms with van der Waals surface area (Å²) in [6.07, 6.45) is 3.87. The average Bonchev–Trinajstić information content (AvgIpc) is 3.42. The van der Waals surface area contributed by atoms with Gasteiger partial charge < -0.3 is 10.2 Å². The van der Waals surface area contributed by atoms with Crippen LogP contribution in [0.15, 0.2) is 66.0 Å². The van der Waals surface area contributed by atoms with Gasteiger partial charge in [-0.25, -0.2) is 27.2 Å².